The molecule has 1 heterocycles. The molecule has 0 saturated carbocycles. The lowest BCUT2D eigenvalue weighted by Gasteiger charge is -2.35. The zero-order valence-electron chi connectivity index (χ0n) is 20.2. The van der Waals surface area contributed by atoms with Crippen LogP contribution in [0.3, 0.4) is 0 Å². The third-order valence-corrected chi connectivity index (χ3v) is 8.02. The van der Waals surface area contributed by atoms with E-state index >= 15 is 0 Å². The van der Waals surface area contributed by atoms with Crippen molar-refractivity contribution in [2.45, 2.75) is 51.5 Å². The molecule has 1 aromatic heterocycles. The van der Waals surface area contributed by atoms with Crippen molar-refractivity contribution < 1.29 is 0 Å². The SMILES string of the molecule is CCC(C)(c1ccccc1)c1ccc(C(C)(CC)n2c3ccccc3c3ccccc32)cc1. The van der Waals surface area contributed by atoms with Gasteiger partial charge < -0.3 is 4.57 Å². The molecule has 5 aromatic rings. The summed E-state index contributed by atoms with van der Waals surface area (Å²) in [6.07, 6.45) is 2.08. The monoisotopic (exact) mass is 431 g/mol. The first-order valence-corrected chi connectivity index (χ1v) is 12.2. The first-order chi connectivity index (χ1) is 16.0. The average molecular weight is 432 g/mol. The van der Waals surface area contributed by atoms with E-state index in [4.69, 9.17) is 0 Å². The number of hydrogen-bond acceptors (Lipinski definition) is 0. The highest BCUT2D eigenvalue weighted by atomic mass is 15.1. The topological polar surface area (TPSA) is 4.93 Å². The second-order valence-corrected chi connectivity index (χ2v) is 9.63. The normalized spacial score (nSPS) is 15.4. The highest BCUT2D eigenvalue weighted by Crippen LogP contribution is 2.41. The number of fused-ring (bicyclic) bond motifs is 3. The Labute approximate surface area is 197 Å². The summed E-state index contributed by atoms with van der Waals surface area (Å²) >= 11 is 0. The van der Waals surface area contributed by atoms with Crippen LogP contribution in [-0.2, 0) is 11.0 Å². The van der Waals surface area contributed by atoms with Crippen LogP contribution in [0.1, 0.15) is 57.2 Å². The van der Waals surface area contributed by atoms with Crippen LogP contribution in [0, 0.1) is 0 Å². The molecule has 0 aliphatic heterocycles. The Kier molecular flexibility index (Phi) is 5.37. The Hall–Kier alpha value is -3.32. The van der Waals surface area contributed by atoms with Gasteiger partial charge >= 0.3 is 0 Å². The number of aromatic nitrogens is 1. The fraction of sp³-hybridized carbons (Fsp3) is 0.250. The van der Waals surface area contributed by atoms with E-state index in [-0.39, 0.29) is 11.0 Å². The van der Waals surface area contributed by atoms with E-state index in [0.29, 0.717) is 0 Å². The Bertz CT molecular complexity index is 1340. The molecule has 0 radical (unpaired) electrons. The second kappa shape index (κ2) is 8.23. The summed E-state index contributed by atoms with van der Waals surface area (Å²) in [6.45, 7) is 9.34. The van der Waals surface area contributed by atoms with Crippen LogP contribution in [0.25, 0.3) is 21.8 Å². The Morgan fingerprint density at radius 2 is 0.970 bits per heavy atom. The van der Waals surface area contributed by atoms with Crippen LogP contribution in [0.15, 0.2) is 103 Å². The second-order valence-electron chi connectivity index (χ2n) is 9.63. The molecule has 0 spiro atoms. The van der Waals surface area contributed by atoms with E-state index in [1.54, 1.807) is 0 Å². The van der Waals surface area contributed by atoms with Crippen molar-refractivity contribution in [1.29, 1.82) is 0 Å². The summed E-state index contributed by atoms with van der Waals surface area (Å²) in [6, 6.07) is 38.0. The summed E-state index contributed by atoms with van der Waals surface area (Å²) in [7, 11) is 0. The number of benzene rings is 4. The van der Waals surface area contributed by atoms with Gasteiger partial charge in [-0.2, -0.15) is 0 Å². The summed E-state index contributed by atoms with van der Waals surface area (Å²) in [4.78, 5) is 0. The highest BCUT2D eigenvalue weighted by Gasteiger charge is 2.32. The van der Waals surface area contributed by atoms with Gasteiger partial charge in [-0.3, -0.25) is 0 Å². The quantitative estimate of drug-likeness (QED) is 0.253. The summed E-state index contributed by atoms with van der Waals surface area (Å²) in [5, 5.41) is 2.65. The van der Waals surface area contributed by atoms with Crippen LogP contribution >= 0.6 is 0 Å². The molecule has 2 unspecified atom stereocenters. The summed E-state index contributed by atoms with van der Waals surface area (Å²) in [5.74, 6) is 0. The van der Waals surface area contributed by atoms with Crippen molar-refractivity contribution in [3.8, 4) is 0 Å². The van der Waals surface area contributed by atoms with Gasteiger partial charge in [-0.05, 0) is 48.6 Å². The fourth-order valence-corrected chi connectivity index (χ4v) is 5.52. The molecule has 0 aliphatic rings. The minimum absolute atomic E-state index is 0.00918. The molecular formula is C32H33N. The van der Waals surface area contributed by atoms with Crippen molar-refractivity contribution in [2.24, 2.45) is 0 Å². The molecular weight excluding hydrogens is 398 g/mol. The Morgan fingerprint density at radius 3 is 1.48 bits per heavy atom. The lowest BCUT2D eigenvalue weighted by atomic mass is 9.73. The van der Waals surface area contributed by atoms with Crippen molar-refractivity contribution in [1.82, 2.24) is 4.57 Å². The first-order valence-electron chi connectivity index (χ1n) is 12.2. The lowest BCUT2D eigenvalue weighted by Crippen LogP contribution is -2.31. The van der Waals surface area contributed by atoms with Crippen LogP contribution in [0.2, 0.25) is 0 Å². The van der Waals surface area contributed by atoms with E-state index in [1.165, 1.54) is 38.5 Å². The van der Waals surface area contributed by atoms with Gasteiger partial charge in [0.05, 0.1) is 5.54 Å². The fourth-order valence-electron chi connectivity index (χ4n) is 5.52. The maximum Gasteiger partial charge on any atom is 0.0672 e. The number of para-hydroxylation sites is 2. The maximum absolute atomic E-state index is 2.56. The molecule has 1 heteroatoms. The average Bonchev–Trinajstić information content (AvgIpc) is 3.23. The van der Waals surface area contributed by atoms with Crippen molar-refractivity contribution in [3.05, 3.63) is 120 Å². The minimum Gasteiger partial charge on any atom is -0.330 e. The van der Waals surface area contributed by atoms with Gasteiger partial charge in [-0.1, -0.05) is 112 Å². The Morgan fingerprint density at radius 1 is 0.515 bits per heavy atom. The molecule has 33 heavy (non-hydrogen) atoms. The van der Waals surface area contributed by atoms with Crippen LogP contribution in [-0.4, -0.2) is 4.57 Å². The van der Waals surface area contributed by atoms with Crippen molar-refractivity contribution in [2.75, 3.05) is 0 Å². The van der Waals surface area contributed by atoms with Gasteiger partial charge in [0, 0.05) is 27.2 Å². The molecule has 1 nitrogen and oxygen atoms in total. The molecule has 166 valence electrons. The minimum atomic E-state index is -0.142. The Balaban J connectivity index is 1.66. The molecule has 0 aliphatic carbocycles. The smallest absolute Gasteiger partial charge is 0.0672 e. The predicted molar refractivity (Wildman–Crippen MR) is 142 cm³/mol. The maximum atomic E-state index is 2.56. The van der Waals surface area contributed by atoms with Gasteiger partial charge in [0.15, 0.2) is 0 Å². The van der Waals surface area contributed by atoms with Gasteiger partial charge in [0.25, 0.3) is 0 Å². The third-order valence-electron chi connectivity index (χ3n) is 8.02. The van der Waals surface area contributed by atoms with Crippen molar-refractivity contribution in [3.63, 3.8) is 0 Å². The molecule has 0 amide bonds. The molecule has 2 atom stereocenters. The van der Waals surface area contributed by atoms with Gasteiger partial charge in [0.1, 0.15) is 0 Å². The predicted octanol–water partition coefficient (Wildman–Crippen LogP) is 8.68. The number of rotatable bonds is 6. The molecule has 0 saturated heterocycles. The van der Waals surface area contributed by atoms with Crippen LogP contribution < -0.4 is 0 Å². The molecule has 4 aromatic carbocycles. The van der Waals surface area contributed by atoms with E-state index in [0.717, 1.165) is 12.8 Å². The van der Waals surface area contributed by atoms with Gasteiger partial charge in [0.2, 0.25) is 0 Å². The van der Waals surface area contributed by atoms with Gasteiger partial charge in [-0.15, -0.1) is 0 Å². The zero-order valence-corrected chi connectivity index (χ0v) is 20.2. The third kappa shape index (κ3) is 3.30. The first kappa shape index (κ1) is 21.5. The summed E-state index contributed by atoms with van der Waals surface area (Å²) < 4.78 is 2.56. The highest BCUT2D eigenvalue weighted by molar-refractivity contribution is 6.08. The largest absolute Gasteiger partial charge is 0.330 e. The van der Waals surface area contributed by atoms with E-state index in [9.17, 15) is 0 Å². The van der Waals surface area contributed by atoms with Crippen LogP contribution in [0.5, 0.6) is 0 Å². The molecule has 0 N–H and O–H groups in total. The molecule has 0 fully saturated rings. The number of hydrogen-bond donors (Lipinski definition) is 0. The lowest BCUT2D eigenvalue weighted by molar-refractivity contribution is 0.402. The standard InChI is InChI=1S/C32H33N/c1-5-31(3,24-14-8-7-9-15-24)25-20-22-26(23-21-25)32(4,6-2)33-29-18-12-10-16-27(29)28-17-11-13-19-30(28)33/h7-23H,5-6H2,1-4H3. The molecule has 0 bridgehead atoms. The van der Waals surface area contributed by atoms with E-state index in [2.05, 4.69) is 135 Å². The van der Waals surface area contributed by atoms with Crippen molar-refractivity contribution >= 4 is 21.8 Å². The van der Waals surface area contributed by atoms with Crippen LogP contribution in [0.4, 0.5) is 0 Å². The van der Waals surface area contributed by atoms with E-state index < -0.39 is 0 Å². The van der Waals surface area contributed by atoms with Gasteiger partial charge in [-0.25, -0.2) is 0 Å². The van der Waals surface area contributed by atoms with E-state index in [1.807, 2.05) is 0 Å². The molecule has 5 rings (SSSR count). The number of nitrogens with zero attached hydrogens (tertiary/aromatic N) is 1. The summed E-state index contributed by atoms with van der Waals surface area (Å²) in [5.41, 5.74) is 6.57. The zero-order chi connectivity index (χ0) is 23.1.